The van der Waals surface area contributed by atoms with Crippen molar-refractivity contribution in [2.45, 2.75) is 20.0 Å². The Morgan fingerprint density at radius 1 is 1.21 bits per heavy atom. The summed E-state index contributed by atoms with van der Waals surface area (Å²) >= 11 is 6.15. The highest BCUT2D eigenvalue weighted by Crippen LogP contribution is 2.25. The first kappa shape index (κ1) is 17.1. The van der Waals surface area contributed by atoms with Crippen LogP contribution in [-0.2, 0) is 17.8 Å². The molecule has 0 atom stereocenters. The van der Waals surface area contributed by atoms with Gasteiger partial charge in [0.2, 0.25) is 0 Å². The van der Waals surface area contributed by atoms with Crippen LogP contribution in [0, 0.1) is 6.92 Å². The molecule has 0 radical (unpaired) electrons. The van der Waals surface area contributed by atoms with Gasteiger partial charge < -0.3 is 9.64 Å². The zero-order valence-electron chi connectivity index (χ0n) is 14.2. The first-order valence-corrected chi connectivity index (χ1v) is 8.52. The number of aryl methyl sites for hydroxylation is 1. The second kappa shape index (κ2) is 7.92. The summed E-state index contributed by atoms with van der Waals surface area (Å²) in [6.45, 7) is 8.08. The summed E-state index contributed by atoms with van der Waals surface area (Å²) in [6, 6.07) is 6.07. The number of benzene rings is 1. The minimum Gasteiger partial charge on any atom is -0.383 e. The molecular weight excluding hydrogens is 328 g/mol. The Balaban J connectivity index is 1.57. The zero-order valence-corrected chi connectivity index (χ0v) is 14.9. The van der Waals surface area contributed by atoms with Gasteiger partial charge in [-0.2, -0.15) is 0 Å². The van der Waals surface area contributed by atoms with Crippen molar-refractivity contribution in [3.8, 4) is 0 Å². The quantitative estimate of drug-likeness (QED) is 0.788. The van der Waals surface area contributed by atoms with Crippen LogP contribution in [-0.4, -0.2) is 65.0 Å². The van der Waals surface area contributed by atoms with Gasteiger partial charge in [-0.1, -0.05) is 17.7 Å². The van der Waals surface area contributed by atoms with Crippen LogP contribution in [0.2, 0.25) is 5.02 Å². The van der Waals surface area contributed by atoms with Crippen LogP contribution in [0.15, 0.2) is 18.2 Å². The third-order valence-corrected chi connectivity index (χ3v) is 4.60. The average Bonchev–Trinajstić information content (AvgIpc) is 3.03. The number of halogens is 1. The van der Waals surface area contributed by atoms with Crippen LogP contribution in [0.5, 0.6) is 0 Å². The molecule has 0 amide bonds. The molecule has 1 aromatic heterocycles. The van der Waals surface area contributed by atoms with Gasteiger partial charge in [-0.25, -0.2) is 4.68 Å². The molecule has 3 rings (SSSR count). The summed E-state index contributed by atoms with van der Waals surface area (Å²) in [5, 5.41) is 12.7. The van der Waals surface area contributed by atoms with E-state index >= 15 is 0 Å². The zero-order chi connectivity index (χ0) is 16.9. The fraction of sp³-hybridized carbons (Fsp3) is 0.562. The van der Waals surface area contributed by atoms with Crippen molar-refractivity contribution in [3.63, 3.8) is 0 Å². The van der Waals surface area contributed by atoms with Crippen LogP contribution in [0.25, 0.3) is 0 Å². The van der Waals surface area contributed by atoms with Crippen molar-refractivity contribution in [2.75, 3.05) is 44.8 Å². The first-order valence-electron chi connectivity index (χ1n) is 8.15. The van der Waals surface area contributed by atoms with E-state index in [9.17, 15) is 0 Å². The molecule has 1 fully saturated rings. The number of methoxy groups -OCH3 is 1. The van der Waals surface area contributed by atoms with Crippen LogP contribution < -0.4 is 4.90 Å². The lowest BCUT2D eigenvalue weighted by Gasteiger charge is -2.36. The van der Waals surface area contributed by atoms with Crippen molar-refractivity contribution in [2.24, 2.45) is 0 Å². The lowest BCUT2D eigenvalue weighted by Crippen LogP contribution is -2.46. The van der Waals surface area contributed by atoms with Crippen molar-refractivity contribution >= 4 is 17.3 Å². The van der Waals surface area contributed by atoms with Crippen LogP contribution >= 0.6 is 11.6 Å². The fourth-order valence-corrected chi connectivity index (χ4v) is 3.12. The Hall–Kier alpha value is -1.70. The lowest BCUT2D eigenvalue weighted by atomic mass is 10.1. The summed E-state index contributed by atoms with van der Waals surface area (Å²) < 4.78 is 6.91. The Kier molecular flexibility index (Phi) is 5.65. The topological polar surface area (TPSA) is 59.3 Å². The Bertz CT molecular complexity index is 668. The van der Waals surface area contributed by atoms with Gasteiger partial charge in [0, 0.05) is 44.0 Å². The number of nitrogens with zero attached hydrogens (tertiary/aromatic N) is 6. The van der Waals surface area contributed by atoms with Crippen molar-refractivity contribution in [1.82, 2.24) is 25.1 Å². The van der Waals surface area contributed by atoms with E-state index in [0.29, 0.717) is 13.2 Å². The predicted octanol–water partition coefficient (Wildman–Crippen LogP) is 1.60. The van der Waals surface area contributed by atoms with E-state index in [1.165, 1.54) is 11.3 Å². The molecular formula is C16H23ClN6O. The summed E-state index contributed by atoms with van der Waals surface area (Å²) in [6.07, 6.45) is 0. The maximum absolute atomic E-state index is 6.15. The summed E-state index contributed by atoms with van der Waals surface area (Å²) in [5.74, 6) is 0.888. The second-order valence-electron chi connectivity index (χ2n) is 6.01. The molecule has 8 heteroatoms. The third kappa shape index (κ3) is 4.03. The molecule has 24 heavy (non-hydrogen) atoms. The molecule has 0 saturated carbocycles. The smallest absolute Gasteiger partial charge is 0.165 e. The largest absolute Gasteiger partial charge is 0.383 e. The molecule has 0 N–H and O–H groups in total. The molecule has 0 bridgehead atoms. The van der Waals surface area contributed by atoms with E-state index in [4.69, 9.17) is 16.3 Å². The number of anilines is 1. The van der Waals surface area contributed by atoms with Gasteiger partial charge in [-0.3, -0.25) is 4.90 Å². The minimum atomic E-state index is 0.611. The van der Waals surface area contributed by atoms with Gasteiger partial charge in [0.15, 0.2) is 5.82 Å². The normalized spacial score (nSPS) is 15.9. The Morgan fingerprint density at radius 2 is 2.00 bits per heavy atom. The molecule has 1 aliphatic rings. The average molecular weight is 351 g/mol. The molecule has 0 unspecified atom stereocenters. The van der Waals surface area contributed by atoms with Crippen molar-refractivity contribution < 1.29 is 4.74 Å². The molecule has 7 nitrogen and oxygen atoms in total. The van der Waals surface area contributed by atoms with Crippen LogP contribution in [0.3, 0.4) is 0 Å². The predicted molar refractivity (Wildman–Crippen MR) is 93.4 cm³/mol. The fourth-order valence-electron chi connectivity index (χ4n) is 2.96. The number of aromatic nitrogens is 4. The van der Waals surface area contributed by atoms with E-state index < -0.39 is 0 Å². The van der Waals surface area contributed by atoms with Crippen LogP contribution in [0.4, 0.5) is 5.69 Å². The number of rotatable bonds is 6. The monoisotopic (exact) mass is 350 g/mol. The number of tetrazole rings is 1. The van der Waals surface area contributed by atoms with Gasteiger partial charge in [0.1, 0.15) is 0 Å². The maximum Gasteiger partial charge on any atom is 0.165 e. The molecule has 1 saturated heterocycles. The van der Waals surface area contributed by atoms with E-state index in [0.717, 1.165) is 43.6 Å². The highest BCUT2D eigenvalue weighted by atomic mass is 35.5. The standard InChI is InChI=1S/C16H23ClN6O/c1-13-3-4-14(17)11-15(13)22-7-5-21(6-8-22)12-16-18-19-20-23(16)9-10-24-2/h3-4,11H,5-10,12H2,1-2H3. The molecule has 130 valence electrons. The second-order valence-corrected chi connectivity index (χ2v) is 6.44. The first-order chi connectivity index (χ1) is 11.7. The highest BCUT2D eigenvalue weighted by Gasteiger charge is 2.20. The highest BCUT2D eigenvalue weighted by molar-refractivity contribution is 6.30. The summed E-state index contributed by atoms with van der Waals surface area (Å²) in [4.78, 5) is 4.77. The number of ether oxygens (including phenoxy) is 1. The number of hydrogen-bond acceptors (Lipinski definition) is 6. The van der Waals surface area contributed by atoms with Crippen LogP contribution in [0.1, 0.15) is 11.4 Å². The maximum atomic E-state index is 6.15. The van der Waals surface area contributed by atoms with E-state index in [1.54, 1.807) is 7.11 Å². The minimum absolute atomic E-state index is 0.611. The molecule has 0 spiro atoms. The van der Waals surface area contributed by atoms with Gasteiger partial charge in [-0.05, 0) is 35.0 Å². The van der Waals surface area contributed by atoms with E-state index in [-0.39, 0.29) is 0 Å². The van der Waals surface area contributed by atoms with E-state index in [2.05, 4.69) is 44.4 Å². The van der Waals surface area contributed by atoms with E-state index in [1.807, 2.05) is 10.7 Å². The summed E-state index contributed by atoms with van der Waals surface area (Å²) in [5.41, 5.74) is 2.49. The molecule has 0 aliphatic carbocycles. The van der Waals surface area contributed by atoms with Crippen molar-refractivity contribution in [3.05, 3.63) is 34.6 Å². The molecule has 1 aliphatic heterocycles. The number of piperazine rings is 1. The lowest BCUT2D eigenvalue weighted by molar-refractivity contribution is 0.178. The molecule has 2 heterocycles. The SMILES string of the molecule is COCCn1nnnc1CN1CCN(c2cc(Cl)ccc2C)CC1. The molecule has 2 aromatic rings. The number of hydrogen-bond donors (Lipinski definition) is 0. The van der Waals surface area contributed by atoms with Crippen molar-refractivity contribution in [1.29, 1.82) is 0 Å². The molecule has 1 aromatic carbocycles. The van der Waals surface area contributed by atoms with Gasteiger partial charge in [-0.15, -0.1) is 5.10 Å². The van der Waals surface area contributed by atoms with Gasteiger partial charge in [0.25, 0.3) is 0 Å². The third-order valence-electron chi connectivity index (χ3n) is 4.36. The summed E-state index contributed by atoms with van der Waals surface area (Å²) in [7, 11) is 1.68. The van der Waals surface area contributed by atoms with Gasteiger partial charge >= 0.3 is 0 Å². The van der Waals surface area contributed by atoms with Gasteiger partial charge in [0.05, 0.1) is 19.7 Å². The Morgan fingerprint density at radius 3 is 2.75 bits per heavy atom. The Labute approximate surface area is 147 Å².